The summed E-state index contributed by atoms with van der Waals surface area (Å²) < 4.78 is 23.4. The normalized spacial score (nSPS) is 17.0. The van der Waals surface area contributed by atoms with Crippen LogP contribution >= 0.6 is 0 Å². The molecule has 1 aliphatic rings. The van der Waals surface area contributed by atoms with Crippen molar-refractivity contribution in [2.45, 2.75) is 32.3 Å². The number of ether oxygens (including phenoxy) is 1. The molecule has 9 heteroatoms. The minimum absolute atomic E-state index is 0.145. The lowest BCUT2D eigenvalue weighted by Gasteiger charge is -2.25. The summed E-state index contributed by atoms with van der Waals surface area (Å²) in [5.41, 5.74) is 0.661. The zero-order valence-corrected chi connectivity index (χ0v) is 14.0. The van der Waals surface area contributed by atoms with Gasteiger partial charge in [0.1, 0.15) is 11.6 Å². The molecule has 136 valence electrons. The quantitative estimate of drug-likeness (QED) is 0.807. The van der Waals surface area contributed by atoms with Crippen molar-refractivity contribution in [3.05, 3.63) is 41.4 Å². The number of aromatic nitrogens is 1. The van der Waals surface area contributed by atoms with E-state index in [4.69, 9.17) is 9.26 Å². The Kier molecular flexibility index (Phi) is 4.70. The first-order valence-corrected chi connectivity index (χ1v) is 7.87. The molecule has 2 aromatic rings. The molecule has 1 aromatic carbocycles. The average molecular weight is 361 g/mol. The molecule has 3 rings (SSSR count). The SMILES string of the molecule is Cc1cc(NC(=O)C(C)OC(=O)C2CC(=O)Nc3cc(F)ccc32)no1. The lowest BCUT2D eigenvalue weighted by molar-refractivity contribution is -0.155. The number of halogens is 1. The Morgan fingerprint density at radius 2 is 2.19 bits per heavy atom. The number of carbonyl (C=O) groups is 3. The molecule has 1 aromatic heterocycles. The molecule has 0 saturated heterocycles. The summed E-state index contributed by atoms with van der Waals surface area (Å²) in [6.07, 6.45) is -1.26. The summed E-state index contributed by atoms with van der Waals surface area (Å²) in [5.74, 6) is -2.49. The highest BCUT2D eigenvalue weighted by Crippen LogP contribution is 2.33. The summed E-state index contributed by atoms with van der Waals surface area (Å²) in [6.45, 7) is 3.06. The first-order chi connectivity index (χ1) is 12.3. The summed E-state index contributed by atoms with van der Waals surface area (Å²) in [7, 11) is 0. The lowest BCUT2D eigenvalue weighted by atomic mass is 9.90. The predicted molar refractivity (Wildman–Crippen MR) is 87.8 cm³/mol. The number of nitrogens with zero attached hydrogens (tertiary/aromatic N) is 1. The van der Waals surface area contributed by atoms with E-state index >= 15 is 0 Å². The number of esters is 1. The molecule has 2 unspecified atom stereocenters. The number of hydrogen-bond acceptors (Lipinski definition) is 6. The van der Waals surface area contributed by atoms with Crippen LogP contribution in [-0.4, -0.2) is 29.0 Å². The van der Waals surface area contributed by atoms with Gasteiger partial charge in [-0.1, -0.05) is 11.2 Å². The van der Waals surface area contributed by atoms with Gasteiger partial charge < -0.3 is 19.9 Å². The van der Waals surface area contributed by atoms with Gasteiger partial charge in [0.2, 0.25) is 5.91 Å². The number of amides is 2. The Morgan fingerprint density at radius 3 is 2.88 bits per heavy atom. The van der Waals surface area contributed by atoms with E-state index in [9.17, 15) is 18.8 Å². The summed E-state index contributed by atoms with van der Waals surface area (Å²) in [6, 6.07) is 5.26. The van der Waals surface area contributed by atoms with Crippen LogP contribution in [0, 0.1) is 12.7 Å². The van der Waals surface area contributed by atoms with Gasteiger partial charge in [-0.25, -0.2) is 4.39 Å². The van der Waals surface area contributed by atoms with E-state index in [1.165, 1.54) is 25.1 Å². The van der Waals surface area contributed by atoms with Crippen molar-refractivity contribution < 1.29 is 28.0 Å². The molecular formula is C17H16FN3O5. The van der Waals surface area contributed by atoms with Gasteiger partial charge in [0.05, 0.1) is 5.92 Å². The van der Waals surface area contributed by atoms with Crippen LogP contribution < -0.4 is 10.6 Å². The summed E-state index contributed by atoms with van der Waals surface area (Å²) in [4.78, 5) is 36.3. The van der Waals surface area contributed by atoms with Crippen LogP contribution in [0.3, 0.4) is 0 Å². The van der Waals surface area contributed by atoms with Crippen molar-refractivity contribution in [3.8, 4) is 0 Å². The van der Waals surface area contributed by atoms with Crippen molar-refractivity contribution >= 4 is 29.3 Å². The molecule has 0 fully saturated rings. The Balaban J connectivity index is 1.69. The molecule has 0 saturated carbocycles. The monoisotopic (exact) mass is 361 g/mol. The maximum Gasteiger partial charge on any atom is 0.314 e. The van der Waals surface area contributed by atoms with E-state index in [1.807, 2.05) is 0 Å². The van der Waals surface area contributed by atoms with Gasteiger partial charge in [-0.15, -0.1) is 0 Å². The molecule has 2 heterocycles. The van der Waals surface area contributed by atoms with Gasteiger partial charge in [-0.2, -0.15) is 0 Å². The van der Waals surface area contributed by atoms with Crippen LogP contribution in [0.25, 0.3) is 0 Å². The zero-order valence-electron chi connectivity index (χ0n) is 14.0. The smallest absolute Gasteiger partial charge is 0.314 e. The first-order valence-electron chi connectivity index (χ1n) is 7.87. The number of aryl methyl sites for hydroxylation is 1. The van der Waals surface area contributed by atoms with E-state index < -0.39 is 35.6 Å². The Morgan fingerprint density at radius 1 is 1.42 bits per heavy atom. The van der Waals surface area contributed by atoms with E-state index in [2.05, 4.69) is 15.8 Å². The second-order valence-corrected chi connectivity index (χ2v) is 5.93. The number of carbonyl (C=O) groups excluding carboxylic acids is 3. The number of nitrogens with one attached hydrogen (secondary N) is 2. The molecule has 8 nitrogen and oxygen atoms in total. The van der Waals surface area contributed by atoms with E-state index in [1.54, 1.807) is 6.92 Å². The third kappa shape index (κ3) is 3.71. The fourth-order valence-corrected chi connectivity index (χ4v) is 2.61. The van der Waals surface area contributed by atoms with E-state index in [0.29, 0.717) is 11.3 Å². The predicted octanol–water partition coefficient (Wildman–Crippen LogP) is 2.12. The second kappa shape index (κ2) is 6.95. The molecular weight excluding hydrogens is 345 g/mol. The van der Waals surface area contributed by atoms with Gasteiger partial charge >= 0.3 is 5.97 Å². The molecule has 0 spiro atoms. The van der Waals surface area contributed by atoms with Gasteiger partial charge in [-0.05, 0) is 31.5 Å². The third-order valence-corrected chi connectivity index (χ3v) is 3.88. The molecule has 1 aliphatic heterocycles. The number of rotatable bonds is 4. The maximum absolute atomic E-state index is 13.3. The van der Waals surface area contributed by atoms with Crippen molar-refractivity contribution in [3.63, 3.8) is 0 Å². The van der Waals surface area contributed by atoms with Crippen LogP contribution in [0.15, 0.2) is 28.8 Å². The van der Waals surface area contributed by atoms with Crippen molar-refractivity contribution in [2.75, 3.05) is 10.6 Å². The number of benzene rings is 1. The molecule has 0 bridgehead atoms. The average Bonchev–Trinajstić information content (AvgIpc) is 2.98. The van der Waals surface area contributed by atoms with E-state index in [0.717, 1.165) is 6.07 Å². The summed E-state index contributed by atoms with van der Waals surface area (Å²) in [5, 5.41) is 8.59. The maximum atomic E-state index is 13.3. The van der Waals surface area contributed by atoms with Crippen LogP contribution in [0.5, 0.6) is 0 Å². The molecule has 0 radical (unpaired) electrons. The van der Waals surface area contributed by atoms with Crippen LogP contribution in [0.4, 0.5) is 15.9 Å². The van der Waals surface area contributed by atoms with Gasteiger partial charge in [-0.3, -0.25) is 14.4 Å². The van der Waals surface area contributed by atoms with Gasteiger partial charge in [0.15, 0.2) is 11.9 Å². The minimum atomic E-state index is -1.12. The van der Waals surface area contributed by atoms with Crippen molar-refractivity contribution in [2.24, 2.45) is 0 Å². The van der Waals surface area contributed by atoms with Crippen molar-refractivity contribution in [1.29, 1.82) is 0 Å². The number of hydrogen-bond donors (Lipinski definition) is 2. The molecule has 0 aliphatic carbocycles. The van der Waals surface area contributed by atoms with Crippen molar-refractivity contribution in [1.82, 2.24) is 5.16 Å². The highest BCUT2D eigenvalue weighted by molar-refractivity contribution is 6.01. The molecule has 26 heavy (non-hydrogen) atoms. The third-order valence-electron chi connectivity index (χ3n) is 3.88. The Labute approximate surface area is 147 Å². The fourth-order valence-electron chi connectivity index (χ4n) is 2.61. The first kappa shape index (κ1) is 17.6. The standard InChI is InChI=1S/C17H16FN3O5/c1-8-5-14(21-26-8)20-16(23)9(2)25-17(24)12-7-15(22)19-13-6-10(18)3-4-11(12)13/h3-6,9,12H,7H2,1-2H3,(H,19,22)(H,20,21,23). The van der Waals surface area contributed by atoms with Gasteiger partial charge in [0, 0.05) is 18.2 Å². The van der Waals surface area contributed by atoms with E-state index in [-0.39, 0.29) is 17.9 Å². The molecule has 2 atom stereocenters. The summed E-state index contributed by atoms with van der Waals surface area (Å²) >= 11 is 0. The number of anilines is 2. The lowest BCUT2D eigenvalue weighted by Crippen LogP contribution is -2.34. The van der Waals surface area contributed by atoms with Crippen LogP contribution in [0.1, 0.15) is 30.6 Å². The zero-order chi connectivity index (χ0) is 18.8. The van der Waals surface area contributed by atoms with Crippen LogP contribution in [-0.2, 0) is 19.1 Å². The highest BCUT2D eigenvalue weighted by atomic mass is 19.1. The van der Waals surface area contributed by atoms with Crippen LogP contribution in [0.2, 0.25) is 0 Å². The second-order valence-electron chi connectivity index (χ2n) is 5.93. The topological polar surface area (TPSA) is 111 Å². The highest BCUT2D eigenvalue weighted by Gasteiger charge is 2.34. The minimum Gasteiger partial charge on any atom is -0.452 e. The Hall–Kier alpha value is -3.23. The molecule has 2 amide bonds. The number of fused-ring (bicyclic) bond motifs is 1. The largest absolute Gasteiger partial charge is 0.452 e. The fraction of sp³-hybridized carbons (Fsp3) is 0.294. The van der Waals surface area contributed by atoms with Gasteiger partial charge in [0.25, 0.3) is 5.91 Å². The Bertz CT molecular complexity index is 879. The molecule has 2 N–H and O–H groups in total.